The molecule has 6 heteroatoms. The minimum absolute atomic E-state index is 0.0280. The monoisotopic (exact) mass is 313 g/mol. The Morgan fingerprint density at radius 1 is 1.22 bits per heavy atom. The van der Waals surface area contributed by atoms with E-state index < -0.39 is 5.97 Å². The van der Waals surface area contributed by atoms with Gasteiger partial charge in [0.1, 0.15) is 11.4 Å². The summed E-state index contributed by atoms with van der Waals surface area (Å²) < 4.78 is 5.34. The number of benzene rings is 1. The molecule has 0 radical (unpaired) electrons. The average molecular weight is 313 g/mol. The maximum Gasteiger partial charge on any atom is 0.372 e. The van der Waals surface area contributed by atoms with Gasteiger partial charge in [-0.2, -0.15) is 0 Å². The lowest BCUT2D eigenvalue weighted by Gasteiger charge is -2.07. The summed E-state index contributed by atoms with van der Waals surface area (Å²) in [5, 5.41) is 3.55. The molecule has 23 heavy (non-hydrogen) atoms. The average Bonchev–Trinajstić information content (AvgIpc) is 2.59. The van der Waals surface area contributed by atoms with Crippen molar-refractivity contribution in [3.05, 3.63) is 59.9 Å². The van der Waals surface area contributed by atoms with Crippen LogP contribution in [0.15, 0.2) is 53.8 Å². The van der Waals surface area contributed by atoms with Crippen molar-refractivity contribution < 1.29 is 14.4 Å². The highest BCUT2D eigenvalue weighted by molar-refractivity contribution is 5.95. The second-order valence-electron chi connectivity index (χ2n) is 5.17. The highest BCUT2D eigenvalue weighted by atomic mass is 16.7. The lowest BCUT2D eigenvalue weighted by molar-refractivity contribution is -0.146. The Morgan fingerprint density at radius 3 is 2.57 bits per heavy atom. The van der Waals surface area contributed by atoms with Gasteiger partial charge in [0.2, 0.25) is 0 Å². The molecule has 2 N–H and O–H groups in total. The number of nitrogens with two attached hydrogens (primary N) is 1. The second kappa shape index (κ2) is 7.93. The molecule has 0 amide bonds. The standard InChI is InChI=1S/C17H19N3O3/c1-12(2)13-6-8-14(9-7-13)22-11-16(21)23-20-17(18)15-5-3-4-10-19-15/h3-10,12H,11H2,1-2H3,(H2,18,20). The molecule has 1 aromatic carbocycles. The number of hydrogen-bond donors (Lipinski definition) is 1. The van der Waals surface area contributed by atoms with Crippen molar-refractivity contribution in [2.45, 2.75) is 19.8 Å². The molecular formula is C17H19N3O3. The number of rotatable bonds is 6. The van der Waals surface area contributed by atoms with Crippen LogP contribution in [-0.2, 0) is 9.63 Å². The number of oxime groups is 1. The minimum Gasteiger partial charge on any atom is -0.482 e. The minimum atomic E-state index is -0.642. The Morgan fingerprint density at radius 2 is 1.96 bits per heavy atom. The molecule has 0 aliphatic rings. The van der Waals surface area contributed by atoms with Gasteiger partial charge >= 0.3 is 5.97 Å². The zero-order valence-corrected chi connectivity index (χ0v) is 13.1. The van der Waals surface area contributed by atoms with Crippen LogP contribution in [0.5, 0.6) is 5.75 Å². The van der Waals surface area contributed by atoms with Crippen molar-refractivity contribution in [3.8, 4) is 5.75 Å². The van der Waals surface area contributed by atoms with Gasteiger partial charge in [0, 0.05) is 6.20 Å². The van der Waals surface area contributed by atoms with E-state index in [0.29, 0.717) is 17.4 Å². The lowest BCUT2D eigenvalue weighted by Crippen LogP contribution is -2.18. The largest absolute Gasteiger partial charge is 0.482 e. The molecule has 1 aromatic heterocycles. The van der Waals surface area contributed by atoms with Gasteiger partial charge in [0.25, 0.3) is 0 Å². The van der Waals surface area contributed by atoms with E-state index in [9.17, 15) is 4.79 Å². The summed E-state index contributed by atoms with van der Waals surface area (Å²) in [5.74, 6) is 0.419. The first-order valence-electron chi connectivity index (χ1n) is 7.23. The van der Waals surface area contributed by atoms with E-state index in [1.807, 2.05) is 24.3 Å². The normalized spacial score (nSPS) is 11.3. The Kier molecular flexibility index (Phi) is 5.68. The Balaban J connectivity index is 1.83. The molecule has 0 fully saturated rings. The van der Waals surface area contributed by atoms with Crippen molar-refractivity contribution in [1.29, 1.82) is 0 Å². The van der Waals surface area contributed by atoms with Gasteiger partial charge in [-0.3, -0.25) is 4.98 Å². The summed E-state index contributed by atoms with van der Waals surface area (Å²) in [5.41, 5.74) is 7.30. The van der Waals surface area contributed by atoms with Gasteiger partial charge in [0.15, 0.2) is 12.4 Å². The van der Waals surface area contributed by atoms with Crippen LogP contribution in [-0.4, -0.2) is 23.4 Å². The molecule has 6 nitrogen and oxygen atoms in total. The molecule has 1 heterocycles. The van der Waals surface area contributed by atoms with Crippen LogP contribution in [0.2, 0.25) is 0 Å². The van der Waals surface area contributed by atoms with E-state index >= 15 is 0 Å². The summed E-state index contributed by atoms with van der Waals surface area (Å²) in [6, 6.07) is 12.7. The molecule has 0 saturated carbocycles. The topological polar surface area (TPSA) is 86.8 Å². The summed E-state index contributed by atoms with van der Waals surface area (Å²) >= 11 is 0. The van der Waals surface area contributed by atoms with Gasteiger partial charge in [-0.25, -0.2) is 4.79 Å². The first-order chi connectivity index (χ1) is 11.1. The Hall–Kier alpha value is -2.89. The van der Waals surface area contributed by atoms with Crippen LogP contribution in [0.3, 0.4) is 0 Å². The van der Waals surface area contributed by atoms with Crippen LogP contribution in [0.4, 0.5) is 0 Å². The van der Waals surface area contributed by atoms with E-state index in [0.717, 1.165) is 0 Å². The highest BCUT2D eigenvalue weighted by Gasteiger charge is 2.07. The predicted octanol–water partition coefficient (Wildman–Crippen LogP) is 2.45. The molecule has 120 valence electrons. The number of ether oxygens (including phenoxy) is 1. The van der Waals surface area contributed by atoms with Gasteiger partial charge in [-0.15, -0.1) is 0 Å². The maximum atomic E-state index is 11.6. The van der Waals surface area contributed by atoms with Gasteiger partial charge in [-0.1, -0.05) is 37.2 Å². The molecule has 0 aliphatic heterocycles. The number of carbonyl (C=O) groups is 1. The van der Waals surface area contributed by atoms with E-state index in [1.54, 1.807) is 24.4 Å². The molecular weight excluding hydrogens is 294 g/mol. The highest BCUT2D eigenvalue weighted by Crippen LogP contribution is 2.18. The molecule has 0 saturated heterocycles. The molecule has 2 aromatic rings. The molecule has 0 unspecified atom stereocenters. The lowest BCUT2D eigenvalue weighted by atomic mass is 10.0. The number of pyridine rings is 1. The van der Waals surface area contributed by atoms with E-state index in [-0.39, 0.29) is 12.4 Å². The molecule has 0 aliphatic carbocycles. The molecule has 0 bridgehead atoms. The van der Waals surface area contributed by atoms with E-state index in [2.05, 4.69) is 24.0 Å². The number of hydrogen-bond acceptors (Lipinski definition) is 5. The van der Waals surface area contributed by atoms with Gasteiger partial charge < -0.3 is 15.3 Å². The van der Waals surface area contributed by atoms with Crippen molar-refractivity contribution >= 4 is 11.8 Å². The fraction of sp³-hybridized carbons (Fsp3) is 0.235. The van der Waals surface area contributed by atoms with Crippen molar-refractivity contribution in [2.75, 3.05) is 6.61 Å². The zero-order valence-electron chi connectivity index (χ0n) is 13.1. The SMILES string of the molecule is CC(C)c1ccc(OCC(=O)O/N=C(\N)c2ccccn2)cc1. The maximum absolute atomic E-state index is 11.6. The molecule has 0 atom stereocenters. The van der Waals surface area contributed by atoms with Crippen molar-refractivity contribution in [3.63, 3.8) is 0 Å². The first-order valence-corrected chi connectivity index (χ1v) is 7.23. The number of amidine groups is 1. The fourth-order valence-electron chi connectivity index (χ4n) is 1.78. The Labute approximate surface area is 134 Å². The van der Waals surface area contributed by atoms with Gasteiger partial charge in [-0.05, 0) is 35.7 Å². The zero-order chi connectivity index (χ0) is 16.7. The second-order valence-corrected chi connectivity index (χ2v) is 5.17. The number of carbonyl (C=O) groups excluding carboxylic acids is 1. The first kappa shape index (κ1) is 16.5. The quantitative estimate of drug-likeness (QED) is 0.383. The van der Waals surface area contributed by atoms with Gasteiger partial charge in [0.05, 0.1) is 0 Å². The smallest absolute Gasteiger partial charge is 0.372 e. The predicted molar refractivity (Wildman–Crippen MR) is 87.1 cm³/mol. The van der Waals surface area contributed by atoms with Crippen molar-refractivity contribution in [1.82, 2.24) is 4.98 Å². The number of aromatic nitrogens is 1. The third kappa shape index (κ3) is 5.10. The van der Waals surface area contributed by atoms with E-state index in [4.69, 9.17) is 15.3 Å². The van der Waals surface area contributed by atoms with Crippen LogP contribution in [0.1, 0.15) is 31.0 Å². The summed E-state index contributed by atoms with van der Waals surface area (Å²) in [6.45, 7) is 3.97. The number of nitrogens with zero attached hydrogens (tertiary/aromatic N) is 2. The summed E-state index contributed by atoms with van der Waals surface area (Å²) in [7, 11) is 0. The van der Waals surface area contributed by atoms with Crippen LogP contribution >= 0.6 is 0 Å². The summed E-state index contributed by atoms with van der Waals surface area (Å²) in [6.07, 6.45) is 1.57. The van der Waals surface area contributed by atoms with Crippen molar-refractivity contribution in [2.24, 2.45) is 10.9 Å². The summed E-state index contributed by atoms with van der Waals surface area (Å²) in [4.78, 5) is 20.3. The van der Waals surface area contributed by atoms with Crippen LogP contribution in [0.25, 0.3) is 0 Å². The van der Waals surface area contributed by atoms with Crippen LogP contribution < -0.4 is 10.5 Å². The molecule has 0 spiro atoms. The third-order valence-electron chi connectivity index (χ3n) is 3.08. The third-order valence-corrected chi connectivity index (χ3v) is 3.08. The Bertz CT molecular complexity index is 667. The fourth-order valence-corrected chi connectivity index (χ4v) is 1.78. The van der Waals surface area contributed by atoms with E-state index in [1.165, 1.54) is 5.56 Å². The van der Waals surface area contributed by atoms with Crippen LogP contribution in [0, 0.1) is 0 Å². The molecule has 2 rings (SSSR count).